The summed E-state index contributed by atoms with van der Waals surface area (Å²) in [7, 11) is 0. The number of benzene rings is 1. The standard InChI is InChI=1S/C19H23ClN6OS/c1-5-10(2)22-15(27)9-28-19-23-18-16(12(4)24-25-18)17(21)26(19)14-8-6-7-13(20)11(14)3/h6-8,10,21H,5,9H2,1-4H3,(H,22,27)(H,24,25). The molecule has 0 aliphatic rings. The molecular weight excluding hydrogens is 396 g/mol. The highest BCUT2D eigenvalue weighted by molar-refractivity contribution is 7.99. The summed E-state index contributed by atoms with van der Waals surface area (Å²) in [6.07, 6.45) is 0.867. The largest absolute Gasteiger partial charge is 0.353 e. The van der Waals surface area contributed by atoms with Crippen LogP contribution in [-0.4, -0.2) is 37.5 Å². The van der Waals surface area contributed by atoms with Crippen LogP contribution in [0, 0.1) is 19.3 Å². The van der Waals surface area contributed by atoms with Crippen LogP contribution in [0.3, 0.4) is 0 Å². The van der Waals surface area contributed by atoms with E-state index in [1.54, 1.807) is 4.57 Å². The van der Waals surface area contributed by atoms with Crippen molar-refractivity contribution < 1.29 is 4.79 Å². The lowest BCUT2D eigenvalue weighted by Crippen LogP contribution is -2.33. The quantitative estimate of drug-likeness (QED) is 0.421. The highest BCUT2D eigenvalue weighted by Gasteiger charge is 2.18. The van der Waals surface area contributed by atoms with Crippen molar-refractivity contribution in [1.82, 2.24) is 25.1 Å². The van der Waals surface area contributed by atoms with Gasteiger partial charge in [-0.3, -0.25) is 19.9 Å². The first kappa shape index (κ1) is 20.4. The molecule has 0 bridgehead atoms. The maximum absolute atomic E-state index is 12.2. The zero-order valence-electron chi connectivity index (χ0n) is 16.3. The molecule has 3 aromatic rings. The van der Waals surface area contributed by atoms with Crippen molar-refractivity contribution in [3.63, 3.8) is 0 Å². The molecule has 1 atom stereocenters. The Hall–Kier alpha value is -2.32. The Bertz CT molecular complexity index is 1090. The summed E-state index contributed by atoms with van der Waals surface area (Å²) < 4.78 is 1.73. The predicted molar refractivity (Wildman–Crippen MR) is 112 cm³/mol. The number of aromatic nitrogens is 4. The summed E-state index contributed by atoms with van der Waals surface area (Å²) in [6.45, 7) is 7.75. The molecule has 1 amide bonds. The van der Waals surface area contributed by atoms with Gasteiger partial charge in [0.25, 0.3) is 0 Å². The summed E-state index contributed by atoms with van der Waals surface area (Å²) in [6, 6.07) is 5.66. The van der Waals surface area contributed by atoms with Crippen LogP contribution in [0.25, 0.3) is 16.7 Å². The van der Waals surface area contributed by atoms with Crippen molar-refractivity contribution in [1.29, 1.82) is 5.41 Å². The molecule has 0 radical (unpaired) electrons. The van der Waals surface area contributed by atoms with Crippen LogP contribution < -0.4 is 10.8 Å². The monoisotopic (exact) mass is 418 g/mol. The van der Waals surface area contributed by atoms with Crippen LogP contribution in [0.4, 0.5) is 0 Å². The molecule has 0 aliphatic heterocycles. The highest BCUT2D eigenvalue weighted by atomic mass is 35.5. The van der Waals surface area contributed by atoms with Gasteiger partial charge in [-0.2, -0.15) is 5.10 Å². The second kappa shape index (κ2) is 8.36. The number of H-pyrrole nitrogens is 1. The number of amides is 1. The first-order chi connectivity index (χ1) is 13.3. The minimum Gasteiger partial charge on any atom is -0.353 e. The number of hydrogen-bond donors (Lipinski definition) is 3. The average molecular weight is 419 g/mol. The maximum atomic E-state index is 12.2. The number of carbonyl (C=O) groups excluding carboxylic acids is 1. The fourth-order valence-electron chi connectivity index (χ4n) is 2.84. The Morgan fingerprint density at radius 1 is 1.43 bits per heavy atom. The molecule has 2 aromatic heterocycles. The Morgan fingerprint density at radius 3 is 2.89 bits per heavy atom. The molecule has 0 fully saturated rings. The Balaban J connectivity index is 2.09. The van der Waals surface area contributed by atoms with Crippen LogP contribution in [0.1, 0.15) is 31.5 Å². The van der Waals surface area contributed by atoms with E-state index in [1.165, 1.54) is 11.8 Å². The molecule has 1 aromatic carbocycles. The lowest BCUT2D eigenvalue weighted by atomic mass is 10.2. The molecule has 0 saturated heterocycles. The van der Waals surface area contributed by atoms with Crippen molar-refractivity contribution >= 4 is 40.3 Å². The van der Waals surface area contributed by atoms with Gasteiger partial charge in [0, 0.05) is 16.8 Å². The van der Waals surface area contributed by atoms with Gasteiger partial charge in [-0.05, 0) is 44.9 Å². The number of fused-ring (bicyclic) bond motifs is 1. The van der Waals surface area contributed by atoms with E-state index < -0.39 is 0 Å². The number of rotatable bonds is 6. The van der Waals surface area contributed by atoms with E-state index in [-0.39, 0.29) is 23.2 Å². The third-order valence-corrected chi connectivity index (χ3v) is 5.96. The van der Waals surface area contributed by atoms with E-state index in [0.29, 0.717) is 21.2 Å². The molecule has 28 heavy (non-hydrogen) atoms. The van der Waals surface area contributed by atoms with Gasteiger partial charge in [-0.15, -0.1) is 0 Å². The Morgan fingerprint density at radius 2 is 2.18 bits per heavy atom. The molecule has 3 N–H and O–H groups in total. The number of aromatic amines is 1. The minimum atomic E-state index is -0.0691. The van der Waals surface area contributed by atoms with E-state index in [2.05, 4.69) is 20.5 Å². The SMILES string of the molecule is CCC(C)NC(=O)CSc1nc2n[nH]c(C)c2c(=N)n1-c1cccc(Cl)c1C. The molecule has 9 heteroatoms. The van der Waals surface area contributed by atoms with Crippen molar-refractivity contribution in [2.75, 3.05) is 5.75 Å². The number of nitrogens with zero attached hydrogens (tertiary/aromatic N) is 3. The first-order valence-corrected chi connectivity index (χ1v) is 10.4. The summed E-state index contributed by atoms with van der Waals surface area (Å²) in [4.78, 5) is 16.9. The summed E-state index contributed by atoms with van der Waals surface area (Å²) >= 11 is 7.59. The fraction of sp³-hybridized carbons (Fsp3) is 0.368. The zero-order valence-corrected chi connectivity index (χ0v) is 17.8. The summed E-state index contributed by atoms with van der Waals surface area (Å²) in [5.41, 5.74) is 3.09. The number of aryl methyl sites for hydroxylation is 1. The molecule has 148 valence electrons. The van der Waals surface area contributed by atoms with Crippen LogP contribution in [0.2, 0.25) is 5.02 Å². The van der Waals surface area contributed by atoms with Crippen LogP contribution in [-0.2, 0) is 4.79 Å². The maximum Gasteiger partial charge on any atom is 0.230 e. The van der Waals surface area contributed by atoms with Gasteiger partial charge in [-0.25, -0.2) is 4.98 Å². The third-order valence-electron chi connectivity index (χ3n) is 4.61. The van der Waals surface area contributed by atoms with Crippen molar-refractivity contribution in [3.8, 4) is 5.69 Å². The molecule has 7 nitrogen and oxygen atoms in total. The van der Waals surface area contributed by atoms with Crippen molar-refractivity contribution in [2.45, 2.75) is 45.3 Å². The van der Waals surface area contributed by atoms with Crippen LogP contribution >= 0.6 is 23.4 Å². The Labute approximate surface area is 172 Å². The van der Waals surface area contributed by atoms with E-state index in [9.17, 15) is 4.79 Å². The number of hydrogen-bond acceptors (Lipinski definition) is 5. The van der Waals surface area contributed by atoms with Gasteiger partial charge in [0.05, 0.1) is 16.8 Å². The average Bonchev–Trinajstić information content (AvgIpc) is 3.04. The van der Waals surface area contributed by atoms with Crippen LogP contribution in [0.15, 0.2) is 23.4 Å². The third kappa shape index (κ3) is 3.93. The van der Waals surface area contributed by atoms with E-state index >= 15 is 0 Å². The van der Waals surface area contributed by atoms with Gasteiger partial charge in [0.2, 0.25) is 5.91 Å². The second-order valence-corrected chi connectivity index (χ2v) is 8.02. The van der Waals surface area contributed by atoms with Gasteiger partial charge in [0.15, 0.2) is 10.8 Å². The number of thioether (sulfide) groups is 1. The summed E-state index contributed by atoms with van der Waals surface area (Å²) in [5, 5.41) is 20.6. The Kier molecular flexibility index (Phi) is 6.10. The first-order valence-electron chi connectivity index (χ1n) is 9.03. The van der Waals surface area contributed by atoms with E-state index in [4.69, 9.17) is 17.0 Å². The summed E-state index contributed by atoms with van der Waals surface area (Å²) in [5.74, 6) is 0.131. The molecule has 0 aliphatic carbocycles. The van der Waals surface area contributed by atoms with Gasteiger partial charge < -0.3 is 5.32 Å². The number of carbonyl (C=O) groups is 1. The number of nitrogens with one attached hydrogen (secondary N) is 3. The molecular formula is C19H23ClN6OS. The lowest BCUT2D eigenvalue weighted by Gasteiger charge is -2.16. The predicted octanol–water partition coefficient (Wildman–Crippen LogP) is 3.51. The van der Waals surface area contributed by atoms with E-state index in [0.717, 1.165) is 23.4 Å². The highest BCUT2D eigenvalue weighted by Crippen LogP contribution is 2.26. The van der Waals surface area contributed by atoms with Gasteiger partial charge in [-0.1, -0.05) is 36.4 Å². The molecule has 1 unspecified atom stereocenters. The molecule has 2 heterocycles. The van der Waals surface area contributed by atoms with Crippen molar-refractivity contribution in [3.05, 3.63) is 40.0 Å². The lowest BCUT2D eigenvalue weighted by molar-refractivity contribution is -0.119. The second-order valence-electron chi connectivity index (χ2n) is 6.68. The smallest absolute Gasteiger partial charge is 0.230 e. The van der Waals surface area contributed by atoms with Gasteiger partial charge >= 0.3 is 0 Å². The minimum absolute atomic E-state index is 0.0691. The molecule has 0 spiro atoms. The van der Waals surface area contributed by atoms with Gasteiger partial charge in [0.1, 0.15) is 5.49 Å². The van der Waals surface area contributed by atoms with Crippen LogP contribution in [0.5, 0.6) is 0 Å². The zero-order chi connectivity index (χ0) is 20.4. The molecule has 3 rings (SSSR count). The van der Waals surface area contributed by atoms with Crippen molar-refractivity contribution in [2.24, 2.45) is 0 Å². The normalized spacial score (nSPS) is 12.3. The number of halogens is 1. The fourth-order valence-corrected chi connectivity index (χ4v) is 3.82. The molecule has 0 saturated carbocycles. The van der Waals surface area contributed by atoms with E-state index in [1.807, 2.05) is 45.9 Å². The topological polar surface area (TPSA) is 99.5 Å².